The predicted molar refractivity (Wildman–Crippen MR) is 87.5 cm³/mol. The number of para-hydroxylation sites is 1. The van der Waals surface area contributed by atoms with Gasteiger partial charge in [0.2, 0.25) is 0 Å². The zero-order valence-corrected chi connectivity index (χ0v) is 12.6. The summed E-state index contributed by atoms with van der Waals surface area (Å²) < 4.78 is 0. The van der Waals surface area contributed by atoms with E-state index >= 15 is 0 Å². The number of amides is 1. The summed E-state index contributed by atoms with van der Waals surface area (Å²) >= 11 is 3.47. The van der Waals surface area contributed by atoms with Crippen molar-refractivity contribution in [2.75, 3.05) is 17.2 Å². The topological polar surface area (TPSA) is 20.3 Å². The lowest BCUT2D eigenvalue weighted by Gasteiger charge is -2.20. The Morgan fingerprint density at radius 2 is 2.10 bits per heavy atom. The van der Waals surface area contributed by atoms with Crippen molar-refractivity contribution in [2.45, 2.75) is 11.3 Å². The zero-order valence-electron chi connectivity index (χ0n) is 11.0. The van der Waals surface area contributed by atoms with Gasteiger partial charge in [0, 0.05) is 22.4 Å². The molecule has 0 saturated carbocycles. The lowest BCUT2D eigenvalue weighted by molar-refractivity contribution is -0.114. The maximum absolute atomic E-state index is 12.4. The molecule has 0 atom stereocenters. The number of thioether (sulfide) groups is 1. The van der Waals surface area contributed by atoms with Crippen molar-refractivity contribution in [1.82, 2.24) is 0 Å². The highest BCUT2D eigenvalue weighted by atomic mass is 32.2. The summed E-state index contributed by atoms with van der Waals surface area (Å²) in [7, 11) is 0. The monoisotopic (exact) mass is 301 g/mol. The van der Waals surface area contributed by atoms with E-state index in [0.717, 1.165) is 29.3 Å². The number of carbonyl (C=O) groups excluding carboxylic acids is 1. The molecule has 2 aromatic rings. The van der Waals surface area contributed by atoms with E-state index in [1.54, 1.807) is 17.4 Å². The molecule has 1 aliphatic rings. The van der Waals surface area contributed by atoms with Crippen molar-refractivity contribution >= 4 is 40.8 Å². The molecule has 0 aliphatic carbocycles. The first-order valence-corrected chi connectivity index (χ1v) is 8.46. The molecule has 2 heterocycles. The van der Waals surface area contributed by atoms with Crippen molar-refractivity contribution in [3.63, 3.8) is 0 Å². The van der Waals surface area contributed by atoms with Crippen molar-refractivity contribution in [1.29, 1.82) is 0 Å². The van der Waals surface area contributed by atoms with E-state index in [9.17, 15) is 4.79 Å². The van der Waals surface area contributed by atoms with E-state index in [1.807, 2.05) is 58.4 Å². The number of nitrogens with zero attached hydrogens (tertiary/aromatic N) is 1. The fourth-order valence-electron chi connectivity index (χ4n) is 2.19. The highest BCUT2D eigenvalue weighted by molar-refractivity contribution is 7.99. The highest BCUT2D eigenvalue weighted by Gasteiger charge is 2.19. The molecule has 0 spiro atoms. The summed E-state index contributed by atoms with van der Waals surface area (Å²) in [4.78, 5) is 16.6. The molecule has 2 nitrogen and oxygen atoms in total. The van der Waals surface area contributed by atoms with Crippen LogP contribution in [0.4, 0.5) is 5.69 Å². The van der Waals surface area contributed by atoms with Crippen molar-refractivity contribution < 1.29 is 4.79 Å². The summed E-state index contributed by atoms with van der Waals surface area (Å²) in [5.41, 5.74) is 1.04. The van der Waals surface area contributed by atoms with E-state index in [4.69, 9.17) is 0 Å². The third-order valence-corrected chi connectivity index (χ3v) is 5.13. The molecule has 4 heteroatoms. The van der Waals surface area contributed by atoms with Crippen LogP contribution in [0.25, 0.3) is 6.08 Å². The standard InChI is InChI=1S/C16H15NOS2/c18-16(9-8-13-5-3-11-19-13)17-10-4-12-20-15-7-2-1-6-14(15)17/h1-3,5-9,11H,4,10,12H2/b9-8+. The maximum atomic E-state index is 12.4. The lowest BCUT2D eigenvalue weighted by Crippen LogP contribution is -2.30. The van der Waals surface area contributed by atoms with Crippen LogP contribution in [0.15, 0.2) is 52.7 Å². The van der Waals surface area contributed by atoms with Crippen LogP contribution in [0.3, 0.4) is 0 Å². The van der Waals surface area contributed by atoms with Crippen LogP contribution in [-0.2, 0) is 4.79 Å². The highest BCUT2D eigenvalue weighted by Crippen LogP contribution is 2.33. The summed E-state index contributed by atoms with van der Waals surface area (Å²) in [6, 6.07) is 12.2. The largest absolute Gasteiger partial charge is 0.308 e. The number of anilines is 1. The average molecular weight is 301 g/mol. The van der Waals surface area contributed by atoms with E-state index in [-0.39, 0.29) is 5.91 Å². The number of hydrogen-bond donors (Lipinski definition) is 0. The van der Waals surface area contributed by atoms with E-state index in [1.165, 1.54) is 4.90 Å². The Bertz CT molecular complexity index is 619. The van der Waals surface area contributed by atoms with Gasteiger partial charge < -0.3 is 4.90 Å². The third kappa shape index (κ3) is 2.97. The van der Waals surface area contributed by atoms with Gasteiger partial charge in [0.1, 0.15) is 0 Å². The molecule has 102 valence electrons. The number of hydrogen-bond acceptors (Lipinski definition) is 3. The molecular formula is C16H15NOS2. The summed E-state index contributed by atoms with van der Waals surface area (Å²) in [5.74, 6) is 1.13. The predicted octanol–water partition coefficient (Wildman–Crippen LogP) is 4.29. The first-order valence-electron chi connectivity index (χ1n) is 6.59. The first-order chi connectivity index (χ1) is 9.84. The van der Waals surface area contributed by atoms with Gasteiger partial charge in [-0.3, -0.25) is 4.79 Å². The average Bonchev–Trinajstić information content (AvgIpc) is 2.90. The van der Waals surface area contributed by atoms with Crippen LogP contribution in [0.1, 0.15) is 11.3 Å². The number of thiophene rings is 1. The van der Waals surface area contributed by atoms with Gasteiger partial charge in [-0.05, 0) is 41.8 Å². The maximum Gasteiger partial charge on any atom is 0.251 e. The minimum atomic E-state index is 0.0633. The van der Waals surface area contributed by atoms with Crippen LogP contribution >= 0.6 is 23.1 Å². The second-order valence-corrected chi connectivity index (χ2v) is 6.62. The van der Waals surface area contributed by atoms with Crippen LogP contribution in [0, 0.1) is 0 Å². The quantitative estimate of drug-likeness (QED) is 0.771. The molecule has 1 amide bonds. The Labute approximate surface area is 127 Å². The number of benzene rings is 1. The van der Waals surface area contributed by atoms with Gasteiger partial charge in [-0.15, -0.1) is 23.1 Å². The second-order valence-electron chi connectivity index (χ2n) is 4.51. The van der Waals surface area contributed by atoms with Crippen LogP contribution < -0.4 is 4.90 Å². The number of carbonyl (C=O) groups is 1. The van der Waals surface area contributed by atoms with E-state index in [2.05, 4.69) is 6.07 Å². The molecule has 1 aromatic carbocycles. The van der Waals surface area contributed by atoms with Crippen molar-refractivity contribution in [3.8, 4) is 0 Å². The number of fused-ring (bicyclic) bond motifs is 1. The van der Waals surface area contributed by atoms with E-state index in [0.29, 0.717) is 0 Å². The van der Waals surface area contributed by atoms with Crippen molar-refractivity contribution in [2.24, 2.45) is 0 Å². The molecule has 20 heavy (non-hydrogen) atoms. The van der Waals surface area contributed by atoms with Gasteiger partial charge in [-0.25, -0.2) is 0 Å². The molecule has 1 aliphatic heterocycles. The first kappa shape index (κ1) is 13.5. The molecule has 3 rings (SSSR count). The lowest BCUT2D eigenvalue weighted by atomic mass is 10.2. The summed E-state index contributed by atoms with van der Waals surface area (Å²) in [6.07, 6.45) is 4.60. The smallest absolute Gasteiger partial charge is 0.251 e. The summed E-state index contributed by atoms with van der Waals surface area (Å²) in [6.45, 7) is 0.789. The molecule has 0 N–H and O–H groups in total. The van der Waals surface area contributed by atoms with Gasteiger partial charge in [0.25, 0.3) is 5.91 Å². The van der Waals surface area contributed by atoms with Gasteiger partial charge in [-0.2, -0.15) is 0 Å². The minimum absolute atomic E-state index is 0.0633. The minimum Gasteiger partial charge on any atom is -0.308 e. The van der Waals surface area contributed by atoms with Gasteiger partial charge in [0.05, 0.1) is 5.69 Å². The molecular weight excluding hydrogens is 286 g/mol. The fourth-order valence-corrected chi connectivity index (χ4v) is 3.80. The van der Waals surface area contributed by atoms with Crippen LogP contribution in [0.2, 0.25) is 0 Å². The second kappa shape index (κ2) is 6.29. The van der Waals surface area contributed by atoms with Gasteiger partial charge >= 0.3 is 0 Å². The van der Waals surface area contributed by atoms with E-state index < -0.39 is 0 Å². The normalized spacial score (nSPS) is 15.1. The van der Waals surface area contributed by atoms with Crippen LogP contribution in [0.5, 0.6) is 0 Å². The number of rotatable bonds is 2. The Hall–Kier alpha value is -1.52. The molecule has 0 fully saturated rings. The Kier molecular flexibility index (Phi) is 4.23. The Morgan fingerprint density at radius 1 is 1.20 bits per heavy atom. The molecule has 0 bridgehead atoms. The summed E-state index contributed by atoms with van der Waals surface area (Å²) in [5, 5.41) is 2.02. The third-order valence-electron chi connectivity index (χ3n) is 3.14. The molecule has 0 radical (unpaired) electrons. The zero-order chi connectivity index (χ0) is 13.8. The Balaban J connectivity index is 1.84. The fraction of sp³-hybridized carbons (Fsp3) is 0.188. The SMILES string of the molecule is O=C(/C=C/c1cccs1)N1CCCSc2ccccc21. The van der Waals surface area contributed by atoms with Crippen LogP contribution in [-0.4, -0.2) is 18.2 Å². The van der Waals surface area contributed by atoms with Gasteiger partial charge in [0.15, 0.2) is 0 Å². The molecule has 0 unspecified atom stereocenters. The van der Waals surface area contributed by atoms with Gasteiger partial charge in [-0.1, -0.05) is 18.2 Å². The molecule has 1 aromatic heterocycles. The Morgan fingerprint density at radius 3 is 2.95 bits per heavy atom. The van der Waals surface area contributed by atoms with Crippen molar-refractivity contribution in [3.05, 3.63) is 52.7 Å². The molecule has 0 saturated heterocycles.